The quantitative estimate of drug-likeness (QED) is 0.826. The Morgan fingerprint density at radius 1 is 1.00 bits per heavy atom. The van der Waals surface area contributed by atoms with E-state index in [9.17, 15) is 14.7 Å². The molecule has 6 heteroatoms. The van der Waals surface area contributed by atoms with E-state index in [1.807, 2.05) is 24.3 Å². The zero-order valence-electron chi connectivity index (χ0n) is 14.0. The standard InChI is InChI=1S/C19H22N2O4/c22-18(16-14-6-7-15(25-14)17(16)19(23)24)21-10-8-20(9-11-21)12-13-4-2-1-3-5-13/h1-7,14-17H,8-12H2,(H,23,24)/t14-,15+,16+,17+/m1/s1. The molecule has 4 rings (SSSR count). The Balaban J connectivity index is 1.37. The molecule has 2 bridgehead atoms. The van der Waals surface area contributed by atoms with Gasteiger partial charge in [0.05, 0.1) is 18.1 Å². The number of fused-ring (bicyclic) bond motifs is 2. The van der Waals surface area contributed by atoms with Gasteiger partial charge in [-0.15, -0.1) is 0 Å². The number of piperazine rings is 1. The maximum atomic E-state index is 12.9. The van der Waals surface area contributed by atoms with E-state index in [1.54, 1.807) is 11.0 Å². The number of ether oxygens (including phenoxy) is 1. The summed E-state index contributed by atoms with van der Waals surface area (Å²) in [6.07, 6.45) is 2.75. The summed E-state index contributed by atoms with van der Waals surface area (Å²) < 4.78 is 5.62. The van der Waals surface area contributed by atoms with Gasteiger partial charge in [-0.3, -0.25) is 14.5 Å². The van der Waals surface area contributed by atoms with Crippen molar-refractivity contribution >= 4 is 11.9 Å². The summed E-state index contributed by atoms with van der Waals surface area (Å²) in [5, 5.41) is 9.47. The van der Waals surface area contributed by atoms with Crippen molar-refractivity contribution in [1.82, 2.24) is 9.80 Å². The van der Waals surface area contributed by atoms with E-state index in [-0.39, 0.29) is 12.0 Å². The molecule has 3 heterocycles. The molecule has 4 atom stereocenters. The van der Waals surface area contributed by atoms with Gasteiger partial charge in [0.15, 0.2) is 0 Å². The number of carboxylic acid groups (broad SMARTS) is 1. The summed E-state index contributed by atoms with van der Waals surface area (Å²) >= 11 is 0. The molecular formula is C19H22N2O4. The Labute approximate surface area is 146 Å². The molecule has 25 heavy (non-hydrogen) atoms. The SMILES string of the molecule is O=C(O)[C@@H]1[C@@H](C(=O)N2CCN(Cc3ccccc3)CC2)[C@H]2C=C[C@@H]1O2. The number of hydrogen-bond donors (Lipinski definition) is 1. The van der Waals surface area contributed by atoms with Crippen molar-refractivity contribution < 1.29 is 19.4 Å². The molecular weight excluding hydrogens is 320 g/mol. The number of aliphatic carboxylic acids is 1. The highest BCUT2D eigenvalue weighted by Crippen LogP contribution is 2.40. The Bertz CT molecular complexity index is 682. The minimum atomic E-state index is -0.946. The van der Waals surface area contributed by atoms with Gasteiger partial charge < -0.3 is 14.7 Å². The van der Waals surface area contributed by atoms with E-state index >= 15 is 0 Å². The van der Waals surface area contributed by atoms with Crippen molar-refractivity contribution in [1.29, 1.82) is 0 Å². The van der Waals surface area contributed by atoms with Gasteiger partial charge in [0, 0.05) is 32.7 Å². The lowest BCUT2D eigenvalue weighted by Gasteiger charge is -2.37. The Morgan fingerprint density at radius 3 is 2.28 bits per heavy atom. The van der Waals surface area contributed by atoms with Gasteiger partial charge in [-0.1, -0.05) is 42.5 Å². The van der Waals surface area contributed by atoms with Gasteiger partial charge >= 0.3 is 5.97 Å². The minimum Gasteiger partial charge on any atom is -0.481 e. The molecule has 2 fully saturated rings. The van der Waals surface area contributed by atoms with Crippen molar-refractivity contribution in [2.45, 2.75) is 18.8 Å². The predicted molar refractivity (Wildman–Crippen MR) is 90.7 cm³/mol. The Morgan fingerprint density at radius 2 is 1.64 bits per heavy atom. The lowest BCUT2D eigenvalue weighted by Crippen LogP contribution is -2.52. The third-order valence-corrected chi connectivity index (χ3v) is 5.40. The fourth-order valence-electron chi connectivity index (χ4n) is 4.08. The van der Waals surface area contributed by atoms with Gasteiger partial charge in [0.1, 0.15) is 5.92 Å². The van der Waals surface area contributed by atoms with Crippen LogP contribution in [-0.2, 0) is 20.9 Å². The number of carbonyl (C=O) groups excluding carboxylic acids is 1. The van der Waals surface area contributed by atoms with Crippen LogP contribution in [0.3, 0.4) is 0 Å². The minimum absolute atomic E-state index is 0.0800. The van der Waals surface area contributed by atoms with Crippen LogP contribution in [0, 0.1) is 11.8 Å². The van der Waals surface area contributed by atoms with Crippen LogP contribution in [0.1, 0.15) is 5.56 Å². The van der Waals surface area contributed by atoms with E-state index in [0.29, 0.717) is 13.1 Å². The highest BCUT2D eigenvalue weighted by molar-refractivity contribution is 5.87. The number of amides is 1. The van der Waals surface area contributed by atoms with E-state index in [1.165, 1.54) is 5.56 Å². The molecule has 0 unspecified atom stereocenters. The maximum Gasteiger partial charge on any atom is 0.310 e. The van der Waals surface area contributed by atoms with Crippen molar-refractivity contribution in [3.8, 4) is 0 Å². The van der Waals surface area contributed by atoms with Crippen LogP contribution in [0.4, 0.5) is 0 Å². The molecule has 1 amide bonds. The fourth-order valence-corrected chi connectivity index (χ4v) is 4.08. The molecule has 0 spiro atoms. The van der Waals surface area contributed by atoms with E-state index in [2.05, 4.69) is 17.0 Å². The van der Waals surface area contributed by atoms with Gasteiger partial charge in [-0.05, 0) is 5.56 Å². The van der Waals surface area contributed by atoms with E-state index < -0.39 is 23.9 Å². The topological polar surface area (TPSA) is 70.1 Å². The molecule has 2 saturated heterocycles. The Kier molecular flexibility index (Phi) is 4.31. The highest BCUT2D eigenvalue weighted by Gasteiger charge is 2.54. The van der Waals surface area contributed by atoms with E-state index in [4.69, 9.17) is 4.74 Å². The van der Waals surface area contributed by atoms with Gasteiger partial charge in [0.25, 0.3) is 0 Å². The van der Waals surface area contributed by atoms with Crippen LogP contribution in [0.2, 0.25) is 0 Å². The third-order valence-electron chi connectivity index (χ3n) is 5.40. The van der Waals surface area contributed by atoms with Crippen molar-refractivity contribution in [2.75, 3.05) is 26.2 Å². The molecule has 3 aliphatic heterocycles. The molecule has 1 aromatic carbocycles. The smallest absolute Gasteiger partial charge is 0.310 e. The van der Waals surface area contributed by atoms with Crippen LogP contribution in [0.5, 0.6) is 0 Å². The van der Waals surface area contributed by atoms with Gasteiger partial charge in [-0.25, -0.2) is 0 Å². The average molecular weight is 342 g/mol. The van der Waals surface area contributed by atoms with Gasteiger partial charge in [-0.2, -0.15) is 0 Å². The zero-order chi connectivity index (χ0) is 17.4. The number of nitrogens with zero attached hydrogens (tertiary/aromatic N) is 2. The maximum absolute atomic E-state index is 12.9. The van der Waals surface area contributed by atoms with Crippen molar-refractivity contribution in [2.24, 2.45) is 11.8 Å². The lowest BCUT2D eigenvalue weighted by atomic mass is 9.82. The number of carbonyl (C=O) groups is 2. The number of hydrogen-bond acceptors (Lipinski definition) is 4. The lowest BCUT2D eigenvalue weighted by molar-refractivity contribution is -0.150. The van der Waals surface area contributed by atoms with Crippen LogP contribution in [0.15, 0.2) is 42.5 Å². The summed E-state index contributed by atoms with van der Waals surface area (Å²) in [7, 11) is 0. The second-order valence-corrected chi connectivity index (χ2v) is 6.93. The molecule has 0 aromatic heterocycles. The van der Waals surface area contributed by atoms with Crippen LogP contribution >= 0.6 is 0 Å². The van der Waals surface area contributed by atoms with Crippen molar-refractivity contribution in [3.05, 3.63) is 48.0 Å². The first-order valence-corrected chi connectivity index (χ1v) is 8.75. The summed E-state index contributed by atoms with van der Waals surface area (Å²) in [6, 6.07) is 10.3. The van der Waals surface area contributed by atoms with E-state index in [0.717, 1.165) is 19.6 Å². The van der Waals surface area contributed by atoms with Crippen molar-refractivity contribution in [3.63, 3.8) is 0 Å². The van der Waals surface area contributed by atoms with Crippen LogP contribution in [-0.4, -0.2) is 65.2 Å². The molecule has 0 radical (unpaired) electrons. The first-order valence-electron chi connectivity index (χ1n) is 8.75. The van der Waals surface area contributed by atoms with Crippen LogP contribution in [0.25, 0.3) is 0 Å². The number of benzene rings is 1. The zero-order valence-corrected chi connectivity index (χ0v) is 14.0. The second kappa shape index (κ2) is 6.61. The first-order chi connectivity index (χ1) is 12.1. The molecule has 0 aliphatic carbocycles. The second-order valence-electron chi connectivity index (χ2n) is 6.93. The number of carboxylic acids is 1. The molecule has 0 saturated carbocycles. The molecule has 1 N–H and O–H groups in total. The normalized spacial score (nSPS) is 31.4. The monoisotopic (exact) mass is 342 g/mol. The van der Waals surface area contributed by atoms with Gasteiger partial charge in [0.2, 0.25) is 5.91 Å². The molecule has 6 nitrogen and oxygen atoms in total. The predicted octanol–water partition coefficient (Wildman–Crippen LogP) is 0.985. The largest absolute Gasteiger partial charge is 0.481 e. The Hall–Kier alpha value is -2.18. The first kappa shape index (κ1) is 16.3. The summed E-state index contributed by atoms with van der Waals surface area (Å²) in [5.74, 6) is -2.38. The molecule has 1 aromatic rings. The van der Waals surface area contributed by atoms with Crippen LogP contribution < -0.4 is 0 Å². The third kappa shape index (κ3) is 3.07. The molecule has 132 valence electrons. The summed E-state index contributed by atoms with van der Waals surface area (Å²) in [4.78, 5) is 28.6. The number of rotatable bonds is 4. The summed E-state index contributed by atoms with van der Waals surface area (Å²) in [6.45, 7) is 3.75. The average Bonchev–Trinajstić information content (AvgIpc) is 3.24. The summed E-state index contributed by atoms with van der Waals surface area (Å²) in [5.41, 5.74) is 1.26. The molecule has 3 aliphatic rings. The fraction of sp³-hybridized carbons (Fsp3) is 0.474. The highest BCUT2D eigenvalue weighted by atomic mass is 16.5.